The van der Waals surface area contributed by atoms with E-state index in [0.29, 0.717) is 0 Å². The van der Waals surface area contributed by atoms with E-state index in [4.69, 9.17) is 4.99 Å². The second kappa shape index (κ2) is 6.68. The fourth-order valence-electron chi connectivity index (χ4n) is 2.08. The van der Waals surface area contributed by atoms with Crippen LogP contribution in [0.15, 0.2) is 84.1 Å². The first-order chi connectivity index (χ1) is 10.8. The molecule has 22 heavy (non-hydrogen) atoms. The molecule has 2 aromatic carbocycles. The molecular formula is C19H17N3. The number of pyridine rings is 1. The number of aryl methyl sites for hydroxylation is 1. The van der Waals surface area contributed by atoms with Crippen LogP contribution in [0.25, 0.3) is 0 Å². The second-order valence-corrected chi connectivity index (χ2v) is 5.02. The summed E-state index contributed by atoms with van der Waals surface area (Å²) in [6.45, 7) is 2.08. The van der Waals surface area contributed by atoms with Crippen molar-refractivity contribution in [3.63, 3.8) is 0 Å². The summed E-state index contributed by atoms with van der Waals surface area (Å²) in [4.78, 5) is 8.74. The molecule has 3 rings (SSSR count). The van der Waals surface area contributed by atoms with Gasteiger partial charge in [0.1, 0.15) is 5.84 Å². The highest BCUT2D eigenvalue weighted by molar-refractivity contribution is 6.09. The molecule has 3 heteroatoms. The summed E-state index contributed by atoms with van der Waals surface area (Å²) < 4.78 is 0. The summed E-state index contributed by atoms with van der Waals surface area (Å²) >= 11 is 0. The fourth-order valence-corrected chi connectivity index (χ4v) is 2.08. The Labute approximate surface area is 130 Å². The highest BCUT2D eigenvalue weighted by Gasteiger charge is 2.04. The van der Waals surface area contributed by atoms with E-state index in [-0.39, 0.29) is 0 Å². The van der Waals surface area contributed by atoms with Crippen molar-refractivity contribution in [1.29, 1.82) is 0 Å². The Balaban J connectivity index is 1.96. The minimum Gasteiger partial charge on any atom is -0.340 e. The van der Waals surface area contributed by atoms with Gasteiger partial charge in [-0.25, -0.2) is 4.99 Å². The molecule has 0 aliphatic rings. The number of aromatic nitrogens is 1. The van der Waals surface area contributed by atoms with Crippen molar-refractivity contribution in [2.75, 3.05) is 5.32 Å². The lowest BCUT2D eigenvalue weighted by molar-refractivity contribution is 1.31. The average molecular weight is 287 g/mol. The maximum Gasteiger partial charge on any atom is 0.138 e. The van der Waals surface area contributed by atoms with E-state index in [1.807, 2.05) is 42.5 Å². The third-order valence-corrected chi connectivity index (χ3v) is 3.27. The zero-order valence-corrected chi connectivity index (χ0v) is 12.4. The number of aliphatic imine (C=N–C) groups is 1. The Hall–Kier alpha value is -2.94. The molecule has 3 aromatic rings. The van der Waals surface area contributed by atoms with Crippen LogP contribution >= 0.6 is 0 Å². The van der Waals surface area contributed by atoms with Crippen LogP contribution in [-0.4, -0.2) is 10.8 Å². The van der Waals surface area contributed by atoms with E-state index in [1.165, 1.54) is 5.56 Å². The minimum absolute atomic E-state index is 0.815. The summed E-state index contributed by atoms with van der Waals surface area (Å²) in [6.07, 6.45) is 3.49. The topological polar surface area (TPSA) is 37.3 Å². The zero-order chi connectivity index (χ0) is 15.2. The van der Waals surface area contributed by atoms with Crippen LogP contribution in [-0.2, 0) is 0 Å². The Morgan fingerprint density at radius 3 is 2.23 bits per heavy atom. The molecule has 0 atom stereocenters. The molecule has 108 valence electrons. The quantitative estimate of drug-likeness (QED) is 0.565. The molecule has 1 N–H and O–H groups in total. The Morgan fingerprint density at radius 1 is 0.864 bits per heavy atom. The van der Waals surface area contributed by atoms with Crippen molar-refractivity contribution in [2.45, 2.75) is 6.92 Å². The maximum atomic E-state index is 4.71. The first-order valence-corrected chi connectivity index (χ1v) is 7.19. The zero-order valence-electron chi connectivity index (χ0n) is 12.4. The number of amidine groups is 1. The number of benzene rings is 2. The molecule has 0 aliphatic heterocycles. The summed E-state index contributed by atoms with van der Waals surface area (Å²) in [7, 11) is 0. The van der Waals surface area contributed by atoms with Crippen LogP contribution in [0.4, 0.5) is 11.4 Å². The van der Waals surface area contributed by atoms with Gasteiger partial charge in [0.25, 0.3) is 0 Å². The molecule has 0 radical (unpaired) electrons. The molecule has 0 aliphatic carbocycles. The third kappa shape index (κ3) is 3.58. The van der Waals surface area contributed by atoms with Gasteiger partial charge in [0, 0.05) is 23.6 Å². The number of hydrogen-bond acceptors (Lipinski definition) is 2. The van der Waals surface area contributed by atoms with E-state index in [2.05, 4.69) is 41.5 Å². The maximum absolute atomic E-state index is 4.71. The predicted molar refractivity (Wildman–Crippen MR) is 91.7 cm³/mol. The normalized spacial score (nSPS) is 11.2. The van der Waals surface area contributed by atoms with E-state index < -0.39 is 0 Å². The van der Waals surface area contributed by atoms with Gasteiger partial charge in [0.2, 0.25) is 0 Å². The number of nitrogens with zero attached hydrogens (tertiary/aromatic N) is 2. The first-order valence-electron chi connectivity index (χ1n) is 7.19. The van der Waals surface area contributed by atoms with Gasteiger partial charge in [0.05, 0.1) is 5.69 Å². The van der Waals surface area contributed by atoms with E-state index in [9.17, 15) is 0 Å². The van der Waals surface area contributed by atoms with Gasteiger partial charge in [-0.3, -0.25) is 4.98 Å². The third-order valence-electron chi connectivity index (χ3n) is 3.27. The van der Waals surface area contributed by atoms with Crippen molar-refractivity contribution in [2.24, 2.45) is 4.99 Å². The highest BCUT2D eigenvalue weighted by atomic mass is 15.0. The smallest absolute Gasteiger partial charge is 0.138 e. The molecule has 3 nitrogen and oxygen atoms in total. The van der Waals surface area contributed by atoms with Crippen LogP contribution in [0.1, 0.15) is 11.1 Å². The van der Waals surface area contributed by atoms with Crippen LogP contribution < -0.4 is 5.32 Å². The minimum atomic E-state index is 0.815. The SMILES string of the molecule is Cc1ccc(NC(=Nc2ccncc2)c2ccccc2)cc1. The second-order valence-electron chi connectivity index (χ2n) is 5.02. The predicted octanol–water partition coefficient (Wildman–Crippen LogP) is 4.58. The summed E-state index contributed by atoms with van der Waals surface area (Å²) in [5, 5.41) is 3.40. The Bertz CT molecular complexity index is 748. The molecule has 1 aromatic heterocycles. The summed E-state index contributed by atoms with van der Waals surface area (Å²) in [5.74, 6) is 0.815. The fraction of sp³-hybridized carbons (Fsp3) is 0.0526. The molecule has 0 saturated carbocycles. The van der Waals surface area contributed by atoms with E-state index in [1.54, 1.807) is 12.4 Å². The van der Waals surface area contributed by atoms with Crippen LogP contribution in [0.2, 0.25) is 0 Å². The summed E-state index contributed by atoms with van der Waals surface area (Å²) in [6, 6.07) is 22.2. The van der Waals surface area contributed by atoms with Crippen molar-refractivity contribution < 1.29 is 0 Å². The first kappa shape index (κ1) is 14.0. The monoisotopic (exact) mass is 287 g/mol. The van der Waals surface area contributed by atoms with Gasteiger partial charge in [-0.1, -0.05) is 48.0 Å². The highest BCUT2D eigenvalue weighted by Crippen LogP contribution is 2.15. The van der Waals surface area contributed by atoms with E-state index >= 15 is 0 Å². The molecule has 0 fully saturated rings. The summed E-state index contributed by atoms with van der Waals surface area (Å²) in [5.41, 5.74) is 4.16. The lowest BCUT2D eigenvalue weighted by Gasteiger charge is -2.11. The molecule has 0 saturated heterocycles. The number of nitrogens with one attached hydrogen (secondary N) is 1. The lowest BCUT2D eigenvalue weighted by atomic mass is 10.2. The number of rotatable bonds is 3. The largest absolute Gasteiger partial charge is 0.340 e. The molecule has 0 bridgehead atoms. The van der Waals surface area contributed by atoms with Crippen molar-refractivity contribution in [1.82, 2.24) is 4.98 Å². The van der Waals surface area contributed by atoms with E-state index in [0.717, 1.165) is 22.8 Å². The number of hydrogen-bond donors (Lipinski definition) is 1. The van der Waals surface area contributed by atoms with Crippen LogP contribution in [0.5, 0.6) is 0 Å². The van der Waals surface area contributed by atoms with Gasteiger partial charge in [-0.15, -0.1) is 0 Å². The molecular weight excluding hydrogens is 270 g/mol. The molecule has 0 amide bonds. The van der Waals surface area contributed by atoms with Gasteiger partial charge in [-0.2, -0.15) is 0 Å². The van der Waals surface area contributed by atoms with Crippen LogP contribution in [0, 0.1) is 6.92 Å². The lowest BCUT2D eigenvalue weighted by Crippen LogP contribution is -2.13. The standard InChI is InChI=1S/C19H17N3/c1-15-7-9-17(10-8-15)21-19(16-5-3-2-4-6-16)22-18-11-13-20-14-12-18/h2-14H,1H3,(H,20,21,22). The van der Waals surface area contributed by atoms with Crippen molar-refractivity contribution >= 4 is 17.2 Å². The van der Waals surface area contributed by atoms with Crippen molar-refractivity contribution in [3.05, 3.63) is 90.3 Å². The Morgan fingerprint density at radius 2 is 1.55 bits per heavy atom. The average Bonchev–Trinajstić information content (AvgIpc) is 2.58. The molecule has 0 spiro atoms. The van der Waals surface area contributed by atoms with Crippen LogP contribution in [0.3, 0.4) is 0 Å². The van der Waals surface area contributed by atoms with Gasteiger partial charge < -0.3 is 5.32 Å². The van der Waals surface area contributed by atoms with Crippen molar-refractivity contribution in [3.8, 4) is 0 Å². The number of anilines is 1. The van der Waals surface area contributed by atoms with Gasteiger partial charge in [0.15, 0.2) is 0 Å². The van der Waals surface area contributed by atoms with Gasteiger partial charge in [-0.05, 0) is 31.2 Å². The molecule has 0 unspecified atom stereocenters. The molecule has 1 heterocycles. The Kier molecular flexibility index (Phi) is 4.25. The van der Waals surface area contributed by atoms with Gasteiger partial charge >= 0.3 is 0 Å².